The molecule has 0 aromatic carbocycles. The maximum absolute atomic E-state index is 13.5. The Kier molecular flexibility index (Phi) is 3.07. The maximum Gasteiger partial charge on any atom is 0.162 e. The molecule has 0 radical (unpaired) electrons. The van der Waals surface area contributed by atoms with E-state index in [1.165, 1.54) is 6.20 Å². The van der Waals surface area contributed by atoms with E-state index in [1.807, 2.05) is 6.92 Å². The molecule has 0 saturated carbocycles. The zero-order chi connectivity index (χ0) is 12.7. The summed E-state index contributed by atoms with van der Waals surface area (Å²) in [4.78, 5) is 4.15. The lowest BCUT2D eigenvalue weighted by atomic mass is 10.2. The van der Waals surface area contributed by atoms with Crippen molar-refractivity contribution in [1.29, 1.82) is 0 Å². The molecule has 6 heteroatoms. The van der Waals surface area contributed by atoms with Gasteiger partial charge in [0, 0.05) is 6.61 Å². The second kappa shape index (κ2) is 4.59. The normalized spacial score (nSPS) is 20.5. The molecule has 0 aliphatic carbocycles. The first-order valence-corrected chi connectivity index (χ1v) is 6.78. The standard InChI is InChI=1S/C12H13BrFN3O/c1-7-10-11(13)8(14)6-15-12(10)17(16-7)9-4-2-3-5-18-9/h6,9H,2-5H2,1H3. The van der Waals surface area contributed by atoms with Crippen molar-refractivity contribution in [2.75, 3.05) is 6.61 Å². The molecule has 1 saturated heterocycles. The van der Waals surface area contributed by atoms with Crippen LogP contribution in [0.3, 0.4) is 0 Å². The minimum Gasteiger partial charge on any atom is -0.356 e. The van der Waals surface area contributed by atoms with Gasteiger partial charge in [0.25, 0.3) is 0 Å². The Bertz CT molecular complexity index is 593. The van der Waals surface area contributed by atoms with E-state index in [1.54, 1.807) is 4.68 Å². The lowest BCUT2D eigenvalue weighted by Crippen LogP contribution is -2.19. The largest absolute Gasteiger partial charge is 0.356 e. The number of hydrogen-bond donors (Lipinski definition) is 0. The van der Waals surface area contributed by atoms with Crippen LogP contribution in [0.15, 0.2) is 10.7 Å². The molecule has 3 rings (SSSR count). The van der Waals surface area contributed by atoms with E-state index in [-0.39, 0.29) is 12.0 Å². The van der Waals surface area contributed by atoms with Crippen molar-refractivity contribution in [2.24, 2.45) is 0 Å². The minimum absolute atomic E-state index is 0.0835. The molecule has 96 valence electrons. The quantitative estimate of drug-likeness (QED) is 0.810. The fraction of sp³-hybridized carbons (Fsp3) is 0.500. The van der Waals surface area contributed by atoms with Crippen LogP contribution in [0.5, 0.6) is 0 Å². The SMILES string of the molecule is Cc1nn(C2CCCCO2)c2ncc(F)c(Br)c12. The molecule has 3 heterocycles. The molecular formula is C12H13BrFN3O. The Morgan fingerprint density at radius 2 is 2.33 bits per heavy atom. The summed E-state index contributed by atoms with van der Waals surface area (Å²) in [5.74, 6) is -0.366. The third-order valence-electron chi connectivity index (χ3n) is 3.22. The van der Waals surface area contributed by atoms with E-state index in [0.717, 1.165) is 36.9 Å². The highest BCUT2D eigenvalue weighted by atomic mass is 79.9. The van der Waals surface area contributed by atoms with Gasteiger partial charge in [-0.05, 0) is 42.1 Å². The maximum atomic E-state index is 13.5. The van der Waals surface area contributed by atoms with Crippen molar-refractivity contribution < 1.29 is 9.13 Å². The van der Waals surface area contributed by atoms with E-state index in [4.69, 9.17) is 4.74 Å². The number of halogens is 2. The summed E-state index contributed by atoms with van der Waals surface area (Å²) in [6, 6.07) is 0. The molecule has 0 bridgehead atoms. The van der Waals surface area contributed by atoms with Crippen LogP contribution in [0.4, 0.5) is 4.39 Å². The number of fused-ring (bicyclic) bond motifs is 1. The summed E-state index contributed by atoms with van der Waals surface area (Å²) >= 11 is 3.26. The second-order valence-electron chi connectivity index (χ2n) is 4.47. The smallest absolute Gasteiger partial charge is 0.162 e. The van der Waals surface area contributed by atoms with Crippen molar-refractivity contribution in [3.63, 3.8) is 0 Å². The molecule has 1 atom stereocenters. The van der Waals surface area contributed by atoms with Gasteiger partial charge in [-0.15, -0.1) is 0 Å². The topological polar surface area (TPSA) is 39.9 Å². The molecule has 1 aliphatic heterocycles. The van der Waals surface area contributed by atoms with Crippen LogP contribution in [-0.4, -0.2) is 21.4 Å². The van der Waals surface area contributed by atoms with Crippen molar-refractivity contribution in [3.8, 4) is 0 Å². The summed E-state index contributed by atoms with van der Waals surface area (Å²) in [6.45, 7) is 2.60. The number of rotatable bonds is 1. The van der Waals surface area contributed by atoms with Gasteiger partial charge in [-0.25, -0.2) is 14.1 Å². The molecule has 0 spiro atoms. The first-order chi connectivity index (χ1) is 8.68. The average molecular weight is 314 g/mol. The van der Waals surface area contributed by atoms with Crippen LogP contribution in [0, 0.1) is 12.7 Å². The highest BCUT2D eigenvalue weighted by molar-refractivity contribution is 9.10. The molecule has 1 unspecified atom stereocenters. The monoisotopic (exact) mass is 313 g/mol. The predicted octanol–water partition coefficient (Wildman–Crippen LogP) is 3.34. The van der Waals surface area contributed by atoms with Crippen LogP contribution in [-0.2, 0) is 4.74 Å². The van der Waals surface area contributed by atoms with Gasteiger partial charge in [0.15, 0.2) is 17.7 Å². The zero-order valence-electron chi connectivity index (χ0n) is 9.99. The molecule has 2 aromatic rings. The number of nitrogens with zero attached hydrogens (tertiary/aromatic N) is 3. The van der Waals surface area contributed by atoms with Gasteiger partial charge >= 0.3 is 0 Å². The lowest BCUT2D eigenvalue weighted by molar-refractivity contribution is -0.0371. The fourth-order valence-corrected chi connectivity index (χ4v) is 2.89. The molecule has 4 nitrogen and oxygen atoms in total. The Morgan fingerprint density at radius 3 is 3.06 bits per heavy atom. The summed E-state index contributed by atoms with van der Waals surface area (Å²) < 4.78 is 21.4. The third-order valence-corrected chi connectivity index (χ3v) is 3.99. The number of hydrogen-bond acceptors (Lipinski definition) is 3. The molecule has 2 aromatic heterocycles. The van der Waals surface area contributed by atoms with Gasteiger partial charge in [-0.3, -0.25) is 0 Å². The van der Waals surface area contributed by atoms with Crippen molar-refractivity contribution in [2.45, 2.75) is 32.4 Å². The highest BCUT2D eigenvalue weighted by Gasteiger charge is 2.22. The second-order valence-corrected chi connectivity index (χ2v) is 5.26. The van der Waals surface area contributed by atoms with Gasteiger partial charge < -0.3 is 4.74 Å². The number of aryl methyl sites for hydroxylation is 1. The van der Waals surface area contributed by atoms with E-state index in [0.29, 0.717) is 10.1 Å². The highest BCUT2D eigenvalue weighted by Crippen LogP contribution is 2.31. The average Bonchev–Trinajstić information content (AvgIpc) is 2.73. The summed E-state index contributed by atoms with van der Waals surface area (Å²) in [6.07, 6.45) is 4.26. The van der Waals surface area contributed by atoms with Crippen LogP contribution in [0.1, 0.15) is 31.2 Å². The molecule has 0 amide bonds. The summed E-state index contributed by atoms with van der Waals surface area (Å²) in [5.41, 5.74) is 1.44. The number of pyridine rings is 1. The molecular weight excluding hydrogens is 301 g/mol. The van der Waals surface area contributed by atoms with E-state index in [2.05, 4.69) is 26.0 Å². The van der Waals surface area contributed by atoms with E-state index in [9.17, 15) is 4.39 Å². The predicted molar refractivity (Wildman–Crippen MR) is 68.8 cm³/mol. The first kappa shape index (κ1) is 12.0. The van der Waals surface area contributed by atoms with Gasteiger partial charge in [-0.1, -0.05) is 0 Å². The Morgan fingerprint density at radius 1 is 1.50 bits per heavy atom. The van der Waals surface area contributed by atoms with Crippen molar-refractivity contribution in [1.82, 2.24) is 14.8 Å². The summed E-state index contributed by atoms with van der Waals surface area (Å²) in [7, 11) is 0. The van der Waals surface area contributed by atoms with Gasteiger partial charge in [-0.2, -0.15) is 5.10 Å². The van der Waals surface area contributed by atoms with Gasteiger partial charge in [0.05, 0.1) is 21.7 Å². The Labute approximate surface area is 112 Å². The molecule has 0 N–H and O–H groups in total. The fourth-order valence-electron chi connectivity index (χ4n) is 2.33. The molecule has 1 fully saturated rings. The third kappa shape index (κ3) is 1.83. The lowest BCUT2D eigenvalue weighted by Gasteiger charge is -2.23. The number of aromatic nitrogens is 3. The van der Waals surface area contributed by atoms with Crippen LogP contribution >= 0.6 is 15.9 Å². The van der Waals surface area contributed by atoms with Crippen LogP contribution < -0.4 is 0 Å². The summed E-state index contributed by atoms with van der Waals surface area (Å²) in [5, 5.41) is 5.17. The number of ether oxygens (including phenoxy) is 1. The van der Waals surface area contributed by atoms with E-state index < -0.39 is 0 Å². The van der Waals surface area contributed by atoms with Crippen molar-refractivity contribution >= 4 is 27.0 Å². The van der Waals surface area contributed by atoms with Crippen molar-refractivity contribution in [3.05, 3.63) is 22.2 Å². The first-order valence-electron chi connectivity index (χ1n) is 5.99. The van der Waals surface area contributed by atoms with Gasteiger partial charge in [0.1, 0.15) is 0 Å². The van der Waals surface area contributed by atoms with Crippen LogP contribution in [0.2, 0.25) is 0 Å². The molecule has 18 heavy (non-hydrogen) atoms. The zero-order valence-corrected chi connectivity index (χ0v) is 11.6. The molecule has 1 aliphatic rings. The van der Waals surface area contributed by atoms with Gasteiger partial charge in [0.2, 0.25) is 0 Å². The van der Waals surface area contributed by atoms with E-state index >= 15 is 0 Å². The minimum atomic E-state index is -0.366. The van der Waals surface area contributed by atoms with Crippen LogP contribution in [0.25, 0.3) is 11.0 Å². The Hall–Kier alpha value is -1.01. The Balaban J connectivity index is 2.16.